The first-order valence-electron chi connectivity index (χ1n) is 19.1. The third-order valence-electron chi connectivity index (χ3n) is 10.7. The minimum Gasteiger partial charge on any atom is -0.461 e. The van der Waals surface area contributed by atoms with E-state index in [2.05, 4.69) is 44.2 Å². The van der Waals surface area contributed by atoms with Crippen molar-refractivity contribution in [3.8, 4) is 0 Å². The molecule has 0 radical (unpaired) electrons. The molecule has 0 heterocycles. The van der Waals surface area contributed by atoms with Crippen molar-refractivity contribution >= 4 is 17.6 Å². The molecule has 2 saturated carbocycles. The number of aliphatic hydroxyl groups excluding tert-OH is 2. The van der Waals surface area contributed by atoms with E-state index >= 15 is 0 Å². The van der Waals surface area contributed by atoms with Crippen molar-refractivity contribution in [1.82, 2.24) is 0 Å². The fourth-order valence-electron chi connectivity index (χ4n) is 7.25. The summed E-state index contributed by atoms with van der Waals surface area (Å²) in [4.78, 5) is 12.1. The summed E-state index contributed by atoms with van der Waals surface area (Å²) < 4.78 is 5.36. The Morgan fingerprint density at radius 2 is 1.44 bits per heavy atom. The van der Waals surface area contributed by atoms with Crippen LogP contribution >= 0.6 is 11.6 Å². The van der Waals surface area contributed by atoms with Gasteiger partial charge in [-0.15, -0.1) is 11.6 Å². The standard InChI is InChI=1S/C40H69ClO4/c1-3-5-6-7-8-9-10-11-12-13-14-15-16-17-20-23-32-45-39(44)29-22-19-18-21-26-34-35(37(42)33-36(34)41)27-24-28-38(43)40(4-2)30-25-31-40/h18,20-21,23-24,27,34-38,42-43H,3-17,19,22,25-26,28-33H2,1-2H3/t34-,35-,36-,37-,38+/m1/s1. The maximum Gasteiger partial charge on any atom is 0.306 e. The summed E-state index contributed by atoms with van der Waals surface area (Å²) in [5.41, 5.74) is 0.102. The minimum atomic E-state index is -0.429. The van der Waals surface area contributed by atoms with Crippen molar-refractivity contribution in [3.63, 3.8) is 0 Å². The number of hydrogen-bond donors (Lipinski definition) is 2. The van der Waals surface area contributed by atoms with Crippen LogP contribution in [0.25, 0.3) is 0 Å². The Morgan fingerprint density at radius 1 is 0.844 bits per heavy atom. The molecule has 0 bridgehead atoms. The van der Waals surface area contributed by atoms with E-state index in [4.69, 9.17) is 16.3 Å². The largest absolute Gasteiger partial charge is 0.461 e. The number of allylic oxidation sites excluding steroid dienone is 3. The van der Waals surface area contributed by atoms with Crippen LogP contribution in [0.2, 0.25) is 0 Å². The lowest BCUT2D eigenvalue weighted by molar-refractivity contribution is -0.142. The van der Waals surface area contributed by atoms with Gasteiger partial charge in [-0.3, -0.25) is 4.79 Å². The van der Waals surface area contributed by atoms with Gasteiger partial charge in [-0.25, -0.2) is 0 Å². The molecule has 0 aromatic rings. The van der Waals surface area contributed by atoms with Gasteiger partial charge in [-0.2, -0.15) is 0 Å². The molecule has 0 aromatic carbocycles. The van der Waals surface area contributed by atoms with E-state index in [1.165, 1.54) is 89.9 Å². The molecule has 0 unspecified atom stereocenters. The Hall–Kier alpha value is -1.10. The molecule has 2 fully saturated rings. The molecule has 2 rings (SSSR count). The van der Waals surface area contributed by atoms with Crippen molar-refractivity contribution in [1.29, 1.82) is 0 Å². The summed E-state index contributed by atoms with van der Waals surface area (Å²) in [6.45, 7) is 4.83. The zero-order valence-corrected chi connectivity index (χ0v) is 29.9. The van der Waals surface area contributed by atoms with Crippen molar-refractivity contribution in [2.45, 2.75) is 186 Å². The second-order valence-electron chi connectivity index (χ2n) is 14.1. The predicted molar refractivity (Wildman–Crippen MR) is 192 cm³/mol. The van der Waals surface area contributed by atoms with Gasteiger partial charge in [0, 0.05) is 17.7 Å². The maximum absolute atomic E-state index is 12.1. The molecule has 260 valence electrons. The summed E-state index contributed by atoms with van der Waals surface area (Å²) in [5, 5.41) is 21.3. The Bertz CT molecular complexity index is 827. The molecule has 0 spiro atoms. The molecule has 0 saturated heterocycles. The van der Waals surface area contributed by atoms with Crippen LogP contribution in [0.4, 0.5) is 0 Å². The summed E-state index contributed by atoms with van der Waals surface area (Å²) in [6.07, 6.45) is 39.4. The first-order valence-corrected chi connectivity index (χ1v) is 19.5. The van der Waals surface area contributed by atoms with Crippen LogP contribution < -0.4 is 0 Å². The predicted octanol–water partition coefficient (Wildman–Crippen LogP) is 11.2. The van der Waals surface area contributed by atoms with Gasteiger partial charge in [-0.05, 0) is 75.5 Å². The molecule has 45 heavy (non-hydrogen) atoms. The van der Waals surface area contributed by atoms with E-state index in [1.54, 1.807) is 0 Å². The number of ether oxygens (including phenoxy) is 1. The van der Waals surface area contributed by atoms with Crippen LogP contribution in [-0.4, -0.2) is 40.4 Å². The lowest BCUT2D eigenvalue weighted by Gasteiger charge is -2.45. The van der Waals surface area contributed by atoms with Gasteiger partial charge in [0.15, 0.2) is 0 Å². The van der Waals surface area contributed by atoms with Gasteiger partial charge in [-0.1, -0.05) is 134 Å². The molecular formula is C40H69ClO4. The zero-order chi connectivity index (χ0) is 32.6. The van der Waals surface area contributed by atoms with Crippen LogP contribution in [0.1, 0.15) is 168 Å². The number of carbonyl (C=O) groups excluding carboxylic acids is 1. The molecule has 5 atom stereocenters. The van der Waals surface area contributed by atoms with Gasteiger partial charge in [0.25, 0.3) is 0 Å². The molecule has 0 amide bonds. The van der Waals surface area contributed by atoms with E-state index in [9.17, 15) is 15.0 Å². The number of rotatable bonds is 27. The summed E-state index contributed by atoms with van der Waals surface area (Å²) in [6, 6.07) is 0. The van der Waals surface area contributed by atoms with Gasteiger partial charge >= 0.3 is 5.97 Å². The van der Waals surface area contributed by atoms with Crippen molar-refractivity contribution in [2.24, 2.45) is 17.3 Å². The molecule has 2 aliphatic carbocycles. The average Bonchev–Trinajstić information content (AvgIpc) is 3.27. The molecule has 2 N–H and O–H groups in total. The monoisotopic (exact) mass is 648 g/mol. The van der Waals surface area contributed by atoms with Crippen LogP contribution in [-0.2, 0) is 9.53 Å². The van der Waals surface area contributed by atoms with E-state index < -0.39 is 6.10 Å². The first kappa shape index (κ1) is 40.1. The summed E-state index contributed by atoms with van der Waals surface area (Å²) in [7, 11) is 0. The number of halogens is 1. The van der Waals surface area contributed by atoms with E-state index in [1.807, 2.05) is 6.08 Å². The maximum atomic E-state index is 12.1. The number of hydrogen-bond acceptors (Lipinski definition) is 4. The second-order valence-corrected chi connectivity index (χ2v) is 14.7. The fourth-order valence-corrected chi connectivity index (χ4v) is 7.70. The Kier molecular flexibility index (Phi) is 22.3. The smallest absolute Gasteiger partial charge is 0.306 e. The highest BCUT2D eigenvalue weighted by molar-refractivity contribution is 6.21. The molecule has 2 aliphatic rings. The number of carbonyl (C=O) groups is 1. The van der Waals surface area contributed by atoms with Crippen molar-refractivity contribution in [2.75, 3.05) is 6.61 Å². The SMILES string of the molecule is CCCCCCCCCCCCCCCC=CCOC(=O)CCCC=CC[C@@H]1[C@@H](C=CC[C@H](O)C2(CC)CCC2)[C@H](O)C[C@H]1Cl. The van der Waals surface area contributed by atoms with Gasteiger partial charge in [0.2, 0.25) is 0 Å². The number of unbranched alkanes of at least 4 members (excludes halogenated alkanes) is 14. The highest BCUT2D eigenvalue weighted by Gasteiger charge is 2.42. The lowest BCUT2D eigenvalue weighted by atomic mass is 9.63. The Balaban J connectivity index is 1.45. The fraction of sp³-hybridized carbons (Fsp3) is 0.825. The third-order valence-corrected chi connectivity index (χ3v) is 11.2. The highest BCUT2D eigenvalue weighted by atomic mass is 35.5. The quantitative estimate of drug-likeness (QED) is 0.0402. The van der Waals surface area contributed by atoms with E-state index in [-0.39, 0.29) is 34.7 Å². The van der Waals surface area contributed by atoms with Gasteiger partial charge < -0.3 is 14.9 Å². The average molecular weight is 649 g/mol. The number of aliphatic hydroxyl groups is 2. The van der Waals surface area contributed by atoms with E-state index in [0.29, 0.717) is 25.9 Å². The minimum absolute atomic E-state index is 0.0240. The normalized spacial score (nSPS) is 23.8. The zero-order valence-electron chi connectivity index (χ0n) is 29.1. The number of alkyl halides is 1. The molecule has 5 heteroatoms. The third kappa shape index (κ3) is 16.5. The number of esters is 1. The molecule has 4 nitrogen and oxygen atoms in total. The van der Waals surface area contributed by atoms with E-state index in [0.717, 1.165) is 44.9 Å². The van der Waals surface area contributed by atoms with Crippen molar-refractivity contribution in [3.05, 3.63) is 36.5 Å². The molecular weight excluding hydrogens is 580 g/mol. The topological polar surface area (TPSA) is 66.8 Å². The Morgan fingerprint density at radius 3 is 2.04 bits per heavy atom. The second kappa shape index (κ2) is 25.0. The summed E-state index contributed by atoms with van der Waals surface area (Å²) >= 11 is 6.62. The highest BCUT2D eigenvalue weighted by Crippen LogP contribution is 2.48. The first-order chi connectivity index (χ1) is 21.9. The van der Waals surface area contributed by atoms with Gasteiger partial charge in [0.05, 0.1) is 12.2 Å². The Labute approximate surface area is 282 Å². The summed E-state index contributed by atoms with van der Waals surface area (Å²) in [5.74, 6) is 0.0791. The molecule has 0 aliphatic heterocycles. The van der Waals surface area contributed by atoms with Crippen molar-refractivity contribution < 1.29 is 19.7 Å². The van der Waals surface area contributed by atoms with Crippen LogP contribution in [0.5, 0.6) is 0 Å². The lowest BCUT2D eigenvalue weighted by Crippen LogP contribution is -2.40. The van der Waals surface area contributed by atoms with Crippen LogP contribution in [0.15, 0.2) is 36.5 Å². The van der Waals surface area contributed by atoms with Crippen LogP contribution in [0, 0.1) is 17.3 Å². The molecule has 0 aromatic heterocycles. The van der Waals surface area contributed by atoms with Crippen LogP contribution in [0.3, 0.4) is 0 Å². The van der Waals surface area contributed by atoms with Gasteiger partial charge in [0.1, 0.15) is 6.61 Å².